The van der Waals surface area contributed by atoms with Crippen molar-refractivity contribution in [3.63, 3.8) is 0 Å². The predicted octanol–water partition coefficient (Wildman–Crippen LogP) is 6.87. The molecular formula is C25H20Cl2N2O2S. The summed E-state index contributed by atoms with van der Waals surface area (Å²) in [6.45, 7) is 2.07. The summed E-state index contributed by atoms with van der Waals surface area (Å²) in [7, 11) is 0. The first-order chi connectivity index (χ1) is 15.5. The summed E-state index contributed by atoms with van der Waals surface area (Å²) in [5.41, 5.74) is 4.10. The molecule has 162 valence electrons. The number of carbonyl (C=O) groups is 1. The molecular weight excluding hydrogens is 463 g/mol. The van der Waals surface area contributed by atoms with Gasteiger partial charge in [-0.2, -0.15) is 0 Å². The van der Waals surface area contributed by atoms with E-state index in [2.05, 4.69) is 22.8 Å². The van der Waals surface area contributed by atoms with Gasteiger partial charge in [0, 0.05) is 28.1 Å². The van der Waals surface area contributed by atoms with Crippen LogP contribution in [0, 0.1) is 0 Å². The Morgan fingerprint density at radius 1 is 1.03 bits per heavy atom. The van der Waals surface area contributed by atoms with Crippen LogP contribution in [0.4, 0.5) is 0 Å². The van der Waals surface area contributed by atoms with Gasteiger partial charge >= 0.3 is 0 Å². The van der Waals surface area contributed by atoms with E-state index in [9.17, 15) is 4.79 Å². The number of nitrogens with zero attached hydrogens (tertiary/aromatic N) is 1. The molecule has 1 unspecified atom stereocenters. The maximum atomic E-state index is 12.4. The van der Waals surface area contributed by atoms with E-state index in [0.717, 1.165) is 27.4 Å². The zero-order valence-electron chi connectivity index (χ0n) is 17.2. The van der Waals surface area contributed by atoms with Crippen molar-refractivity contribution in [2.75, 3.05) is 0 Å². The Morgan fingerprint density at radius 3 is 2.50 bits per heavy atom. The Morgan fingerprint density at radius 2 is 1.78 bits per heavy atom. The molecule has 0 fully saturated rings. The first-order valence-corrected chi connectivity index (χ1v) is 11.6. The molecule has 3 aromatic carbocycles. The number of halogens is 2. The number of nitrogens with one attached hydrogen (secondary N) is 1. The fourth-order valence-electron chi connectivity index (χ4n) is 3.06. The topological polar surface area (TPSA) is 51.2 Å². The third-order valence-electron chi connectivity index (χ3n) is 4.81. The van der Waals surface area contributed by atoms with Crippen LogP contribution >= 0.6 is 34.5 Å². The minimum absolute atomic E-state index is 0.229. The lowest BCUT2D eigenvalue weighted by Crippen LogP contribution is -2.35. The maximum absolute atomic E-state index is 12.4. The number of ether oxygens (including phenoxy) is 1. The molecule has 32 heavy (non-hydrogen) atoms. The van der Waals surface area contributed by atoms with Crippen molar-refractivity contribution in [2.45, 2.75) is 19.6 Å². The number of amides is 1. The Bertz CT molecular complexity index is 1210. The molecule has 1 N–H and O–H groups in total. The van der Waals surface area contributed by atoms with Gasteiger partial charge in [0.05, 0.1) is 10.7 Å². The van der Waals surface area contributed by atoms with Gasteiger partial charge in [0.1, 0.15) is 10.8 Å². The summed E-state index contributed by atoms with van der Waals surface area (Å²) >= 11 is 13.6. The molecule has 7 heteroatoms. The number of hydrogen-bond donors (Lipinski definition) is 1. The summed E-state index contributed by atoms with van der Waals surface area (Å²) in [6, 6.07) is 23.0. The standard InChI is InChI=1S/C25H20Cl2N2O2S/c1-16(31-23-12-11-20(26)13-21(23)27)24(30)28-14-17-7-9-19(10-8-17)25-29-22(15-32-25)18-5-3-2-4-6-18/h2-13,15-16H,14H2,1H3,(H,28,30). The van der Waals surface area contributed by atoms with E-state index in [1.54, 1.807) is 36.5 Å². The van der Waals surface area contributed by atoms with Gasteiger partial charge in [-0.05, 0) is 30.7 Å². The van der Waals surface area contributed by atoms with Crippen molar-refractivity contribution in [1.82, 2.24) is 10.3 Å². The van der Waals surface area contributed by atoms with E-state index >= 15 is 0 Å². The van der Waals surface area contributed by atoms with Crippen molar-refractivity contribution < 1.29 is 9.53 Å². The van der Waals surface area contributed by atoms with Gasteiger partial charge in [-0.1, -0.05) is 77.8 Å². The highest BCUT2D eigenvalue weighted by atomic mass is 35.5. The fourth-order valence-corrected chi connectivity index (χ4v) is 4.35. The van der Waals surface area contributed by atoms with Crippen LogP contribution in [0.2, 0.25) is 10.0 Å². The Kier molecular flexibility index (Phi) is 7.10. The summed E-state index contributed by atoms with van der Waals surface area (Å²) in [5.74, 6) is 0.189. The quantitative estimate of drug-likeness (QED) is 0.312. The first-order valence-electron chi connectivity index (χ1n) is 9.99. The Labute approximate surface area is 200 Å². The number of benzene rings is 3. The molecule has 0 aliphatic heterocycles. The van der Waals surface area contributed by atoms with Gasteiger partial charge in [-0.15, -0.1) is 11.3 Å². The van der Waals surface area contributed by atoms with Crippen molar-refractivity contribution in [3.05, 3.63) is 93.8 Å². The van der Waals surface area contributed by atoms with E-state index in [0.29, 0.717) is 22.3 Å². The van der Waals surface area contributed by atoms with E-state index in [1.165, 1.54) is 0 Å². The highest BCUT2D eigenvalue weighted by molar-refractivity contribution is 7.13. The molecule has 4 aromatic rings. The third-order valence-corrected chi connectivity index (χ3v) is 6.23. The monoisotopic (exact) mass is 482 g/mol. The molecule has 0 saturated heterocycles. The van der Waals surface area contributed by atoms with Gasteiger partial charge in [0.15, 0.2) is 6.10 Å². The highest BCUT2D eigenvalue weighted by Crippen LogP contribution is 2.29. The van der Waals surface area contributed by atoms with Gasteiger partial charge in [-0.3, -0.25) is 4.79 Å². The van der Waals surface area contributed by atoms with E-state index < -0.39 is 6.10 Å². The second kappa shape index (κ2) is 10.2. The average molecular weight is 483 g/mol. The molecule has 0 bridgehead atoms. The molecule has 0 aliphatic carbocycles. The van der Waals surface area contributed by atoms with Gasteiger partial charge in [0.25, 0.3) is 5.91 Å². The van der Waals surface area contributed by atoms with E-state index in [-0.39, 0.29) is 5.91 Å². The van der Waals surface area contributed by atoms with Crippen LogP contribution in [0.3, 0.4) is 0 Å². The van der Waals surface area contributed by atoms with E-state index in [1.807, 2.05) is 42.5 Å². The first kappa shape index (κ1) is 22.3. The lowest BCUT2D eigenvalue weighted by atomic mass is 10.1. The van der Waals surface area contributed by atoms with Gasteiger partial charge < -0.3 is 10.1 Å². The fraction of sp³-hybridized carbons (Fsp3) is 0.120. The normalized spacial score (nSPS) is 11.7. The number of carbonyl (C=O) groups excluding carboxylic acids is 1. The molecule has 4 nitrogen and oxygen atoms in total. The van der Waals surface area contributed by atoms with Crippen molar-refractivity contribution in [3.8, 4) is 27.6 Å². The van der Waals surface area contributed by atoms with Crippen LogP contribution in [0.15, 0.2) is 78.2 Å². The van der Waals surface area contributed by atoms with Crippen LogP contribution in [-0.2, 0) is 11.3 Å². The lowest BCUT2D eigenvalue weighted by molar-refractivity contribution is -0.127. The summed E-state index contributed by atoms with van der Waals surface area (Å²) in [6.07, 6.45) is -0.695. The lowest BCUT2D eigenvalue weighted by Gasteiger charge is -2.16. The van der Waals surface area contributed by atoms with Crippen LogP contribution < -0.4 is 10.1 Å². The molecule has 0 saturated carbocycles. The molecule has 4 rings (SSSR count). The molecule has 1 aromatic heterocycles. The SMILES string of the molecule is CC(Oc1ccc(Cl)cc1Cl)C(=O)NCc1ccc(-c2nc(-c3ccccc3)cs2)cc1. The average Bonchev–Trinajstić information content (AvgIpc) is 3.30. The Balaban J connectivity index is 1.34. The van der Waals surface area contributed by atoms with Gasteiger partial charge in [0.2, 0.25) is 0 Å². The molecule has 0 spiro atoms. The van der Waals surface area contributed by atoms with Crippen molar-refractivity contribution in [2.24, 2.45) is 0 Å². The number of hydrogen-bond acceptors (Lipinski definition) is 4. The van der Waals surface area contributed by atoms with Crippen LogP contribution in [0.1, 0.15) is 12.5 Å². The zero-order valence-corrected chi connectivity index (χ0v) is 19.5. The minimum atomic E-state index is -0.695. The van der Waals surface area contributed by atoms with Crippen molar-refractivity contribution in [1.29, 1.82) is 0 Å². The van der Waals surface area contributed by atoms with E-state index in [4.69, 9.17) is 32.9 Å². The number of aromatic nitrogens is 1. The molecule has 0 aliphatic rings. The minimum Gasteiger partial charge on any atom is -0.479 e. The number of thiazole rings is 1. The second-order valence-corrected chi connectivity index (χ2v) is 8.86. The van der Waals surface area contributed by atoms with Crippen LogP contribution in [0.25, 0.3) is 21.8 Å². The molecule has 0 radical (unpaired) electrons. The molecule has 1 amide bonds. The molecule has 1 atom stereocenters. The summed E-state index contributed by atoms with van der Waals surface area (Å²) < 4.78 is 5.66. The largest absolute Gasteiger partial charge is 0.479 e. The van der Waals surface area contributed by atoms with Crippen LogP contribution in [-0.4, -0.2) is 17.0 Å². The molecule has 1 heterocycles. The van der Waals surface area contributed by atoms with Crippen LogP contribution in [0.5, 0.6) is 5.75 Å². The summed E-state index contributed by atoms with van der Waals surface area (Å²) in [4.78, 5) is 17.2. The smallest absolute Gasteiger partial charge is 0.261 e. The zero-order chi connectivity index (χ0) is 22.5. The third kappa shape index (κ3) is 5.49. The number of rotatable bonds is 7. The van der Waals surface area contributed by atoms with Gasteiger partial charge in [-0.25, -0.2) is 4.98 Å². The summed E-state index contributed by atoms with van der Waals surface area (Å²) in [5, 5.41) is 6.79. The predicted molar refractivity (Wildman–Crippen MR) is 131 cm³/mol. The maximum Gasteiger partial charge on any atom is 0.261 e. The van der Waals surface area contributed by atoms with Crippen molar-refractivity contribution >= 4 is 40.4 Å². The highest BCUT2D eigenvalue weighted by Gasteiger charge is 2.16. The Hall–Kier alpha value is -2.86. The second-order valence-electron chi connectivity index (χ2n) is 7.15.